The third kappa shape index (κ3) is 3.19. The fourth-order valence-corrected chi connectivity index (χ4v) is 2.47. The van der Waals surface area contributed by atoms with Crippen LogP contribution < -0.4 is 15.2 Å². The van der Waals surface area contributed by atoms with Gasteiger partial charge in [-0.3, -0.25) is 4.57 Å². The first-order chi connectivity index (χ1) is 11.6. The smallest absolute Gasteiger partial charge is 0.334 e. The van der Waals surface area contributed by atoms with Gasteiger partial charge in [-0.1, -0.05) is 11.2 Å². The van der Waals surface area contributed by atoms with Crippen molar-refractivity contribution in [2.45, 2.75) is 20.4 Å². The number of hydrogen-bond acceptors (Lipinski definition) is 5. The Morgan fingerprint density at radius 3 is 2.71 bits per heavy atom. The Bertz CT molecular complexity index is 891. The van der Waals surface area contributed by atoms with Gasteiger partial charge in [-0.2, -0.15) is 0 Å². The fraction of sp³-hybridized carbons (Fsp3) is 0.294. The maximum atomic E-state index is 12.5. The summed E-state index contributed by atoms with van der Waals surface area (Å²) in [6, 6.07) is 9.08. The zero-order valence-corrected chi connectivity index (χ0v) is 13.9. The number of nitrogens with zero attached hydrogens (tertiary/aromatic N) is 3. The van der Waals surface area contributed by atoms with Crippen LogP contribution in [0.3, 0.4) is 0 Å². The first-order valence-corrected chi connectivity index (χ1v) is 7.58. The molecule has 7 heteroatoms. The molecule has 2 aromatic heterocycles. The van der Waals surface area contributed by atoms with Crippen LogP contribution >= 0.6 is 0 Å². The Hall–Kier alpha value is -2.96. The number of imidazole rings is 1. The first-order valence-electron chi connectivity index (χ1n) is 7.58. The van der Waals surface area contributed by atoms with Gasteiger partial charge in [-0.05, 0) is 26.0 Å². The molecule has 0 radical (unpaired) electrons. The van der Waals surface area contributed by atoms with E-state index in [2.05, 4.69) is 5.16 Å². The van der Waals surface area contributed by atoms with Gasteiger partial charge in [0.1, 0.15) is 23.9 Å². The number of benzene rings is 1. The van der Waals surface area contributed by atoms with Crippen LogP contribution in [0.15, 0.2) is 45.8 Å². The summed E-state index contributed by atoms with van der Waals surface area (Å²) < 4.78 is 19.0. The molecule has 0 bridgehead atoms. The van der Waals surface area contributed by atoms with Crippen LogP contribution in [0.25, 0.3) is 5.82 Å². The highest BCUT2D eigenvalue weighted by Gasteiger charge is 2.13. The molecular formula is C17H19N3O4. The summed E-state index contributed by atoms with van der Waals surface area (Å²) in [4.78, 5) is 12.5. The zero-order valence-electron chi connectivity index (χ0n) is 13.9. The van der Waals surface area contributed by atoms with Gasteiger partial charge in [-0.15, -0.1) is 0 Å². The molecule has 0 fully saturated rings. The normalized spacial score (nSPS) is 10.8. The molecule has 0 amide bonds. The summed E-state index contributed by atoms with van der Waals surface area (Å²) in [6.07, 6.45) is 1.78. The molecule has 0 spiro atoms. The minimum atomic E-state index is -0.171. The number of rotatable bonds is 6. The van der Waals surface area contributed by atoms with Gasteiger partial charge in [0.2, 0.25) is 0 Å². The second-order valence-corrected chi connectivity index (χ2v) is 5.41. The Kier molecular flexibility index (Phi) is 4.41. The van der Waals surface area contributed by atoms with Gasteiger partial charge in [0.05, 0.1) is 13.7 Å². The van der Waals surface area contributed by atoms with Crippen molar-refractivity contribution < 1.29 is 14.0 Å². The molecule has 2 heterocycles. The number of methoxy groups -OCH3 is 1. The Balaban J connectivity index is 1.71. The average molecular weight is 329 g/mol. The van der Waals surface area contributed by atoms with Gasteiger partial charge in [0.15, 0.2) is 5.82 Å². The minimum absolute atomic E-state index is 0.171. The molecule has 3 aromatic rings. The van der Waals surface area contributed by atoms with Crippen molar-refractivity contribution in [3.05, 3.63) is 58.5 Å². The van der Waals surface area contributed by atoms with E-state index in [0.717, 1.165) is 11.4 Å². The van der Waals surface area contributed by atoms with E-state index in [-0.39, 0.29) is 5.69 Å². The summed E-state index contributed by atoms with van der Waals surface area (Å²) >= 11 is 0. The van der Waals surface area contributed by atoms with E-state index in [9.17, 15) is 4.79 Å². The highest BCUT2D eigenvalue weighted by Crippen LogP contribution is 2.18. The molecular weight excluding hydrogens is 310 g/mol. The number of aryl methyl sites for hydroxylation is 2. The van der Waals surface area contributed by atoms with E-state index < -0.39 is 0 Å². The second kappa shape index (κ2) is 6.66. The third-order valence-electron chi connectivity index (χ3n) is 3.62. The molecule has 0 aliphatic rings. The molecule has 1 aromatic carbocycles. The Morgan fingerprint density at radius 1 is 1.21 bits per heavy atom. The fourth-order valence-electron chi connectivity index (χ4n) is 2.47. The van der Waals surface area contributed by atoms with Gasteiger partial charge < -0.3 is 14.0 Å². The lowest BCUT2D eigenvalue weighted by Gasteiger charge is -2.07. The van der Waals surface area contributed by atoms with Crippen LogP contribution in [-0.4, -0.2) is 28.0 Å². The molecule has 0 N–H and O–H groups in total. The number of aromatic nitrogens is 3. The van der Waals surface area contributed by atoms with Gasteiger partial charge >= 0.3 is 5.69 Å². The summed E-state index contributed by atoms with van der Waals surface area (Å²) in [5, 5.41) is 3.90. The van der Waals surface area contributed by atoms with E-state index in [4.69, 9.17) is 14.0 Å². The quantitative estimate of drug-likeness (QED) is 0.694. The van der Waals surface area contributed by atoms with Crippen molar-refractivity contribution in [2.24, 2.45) is 0 Å². The maximum absolute atomic E-state index is 12.5. The molecule has 0 aliphatic carbocycles. The van der Waals surface area contributed by atoms with Gasteiger partial charge in [-0.25, -0.2) is 9.36 Å². The third-order valence-corrected chi connectivity index (χ3v) is 3.62. The Labute approximate surface area is 139 Å². The van der Waals surface area contributed by atoms with Crippen molar-refractivity contribution in [3.8, 4) is 17.3 Å². The molecule has 24 heavy (non-hydrogen) atoms. The van der Waals surface area contributed by atoms with E-state index in [0.29, 0.717) is 30.5 Å². The maximum Gasteiger partial charge on any atom is 0.334 e. The van der Waals surface area contributed by atoms with Crippen LogP contribution in [0, 0.1) is 13.8 Å². The summed E-state index contributed by atoms with van der Waals surface area (Å²) in [7, 11) is 1.61. The van der Waals surface area contributed by atoms with E-state index in [1.165, 1.54) is 4.57 Å². The van der Waals surface area contributed by atoms with Crippen molar-refractivity contribution in [1.82, 2.24) is 14.3 Å². The summed E-state index contributed by atoms with van der Waals surface area (Å²) in [6.45, 7) is 4.44. The predicted octanol–water partition coefficient (Wildman–Crippen LogP) is 2.33. The highest BCUT2D eigenvalue weighted by atomic mass is 16.5. The SMILES string of the molecule is COc1cccc(OCCn2cc(C)n(-c3cc(C)on3)c2=O)c1. The lowest BCUT2D eigenvalue weighted by atomic mass is 10.3. The largest absolute Gasteiger partial charge is 0.497 e. The monoisotopic (exact) mass is 329 g/mol. The van der Waals surface area contributed by atoms with Crippen LogP contribution in [0.4, 0.5) is 0 Å². The number of ether oxygens (including phenoxy) is 2. The lowest BCUT2D eigenvalue weighted by molar-refractivity contribution is 0.294. The minimum Gasteiger partial charge on any atom is -0.497 e. The average Bonchev–Trinajstić information content (AvgIpc) is 3.11. The Morgan fingerprint density at radius 2 is 2.00 bits per heavy atom. The predicted molar refractivity (Wildman–Crippen MR) is 88.1 cm³/mol. The standard InChI is InChI=1S/C17H19N3O4/c1-12-11-19(17(21)20(12)16-9-13(2)24-18-16)7-8-23-15-6-4-5-14(10-15)22-3/h4-6,9-11H,7-8H2,1-3H3. The highest BCUT2D eigenvalue weighted by molar-refractivity contribution is 5.32. The molecule has 3 rings (SSSR count). The topological polar surface area (TPSA) is 71.4 Å². The molecule has 0 unspecified atom stereocenters. The molecule has 0 saturated heterocycles. The van der Waals surface area contributed by atoms with E-state index >= 15 is 0 Å². The van der Waals surface area contributed by atoms with Crippen molar-refractivity contribution in [3.63, 3.8) is 0 Å². The van der Waals surface area contributed by atoms with Crippen molar-refractivity contribution >= 4 is 0 Å². The van der Waals surface area contributed by atoms with Crippen LogP contribution in [0.5, 0.6) is 11.5 Å². The molecule has 7 nitrogen and oxygen atoms in total. The molecule has 0 aliphatic heterocycles. The lowest BCUT2D eigenvalue weighted by Crippen LogP contribution is -2.25. The van der Waals surface area contributed by atoms with Crippen LogP contribution in [0.2, 0.25) is 0 Å². The zero-order chi connectivity index (χ0) is 17.1. The van der Waals surface area contributed by atoms with E-state index in [1.54, 1.807) is 36.9 Å². The molecule has 0 atom stereocenters. The molecule has 0 saturated carbocycles. The summed E-state index contributed by atoms with van der Waals surface area (Å²) in [5.74, 6) is 2.58. The van der Waals surface area contributed by atoms with Crippen molar-refractivity contribution in [2.75, 3.05) is 13.7 Å². The summed E-state index contributed by atoms with van der Waals surface area (Å²) in [5.41, 5.74) is 0.615. The van der Waals surface area contributed by atoms with Gasteiger partial charge in [0, 0.05) is 24.0 Å². The van der Waals surface area contributed by atoms with Crippen LogP contribution in [-0.2, 0) is 6.54 Å². The van der Waals surface area contributed by atoms with Crippen molar-refractivity contribution in [1.29, 1.82) is 0 Å². The van der Waals surface area contributed by atoms with Gasteiger partial charge in [0.25, 0.3) is 0 Å². The number of hydrogen-bond donors (Lipinski definition) is 0. The molecule has 126 valence electrons. The first kappa shape index (κ1) is 15.9. The van der Waals surface area contributed by atoms with Crippen LogP contribution in [0.1, 0.15) is 11.5 Å². The van der Waals surface area contributed by atoms with E-state index in [1.807, 2.05) is 25.1 Å². The second-order valence-electron chi connectivity index (χ2n) is 5.41.